The molecule has 0 saturated heterocycles. The van der Waals surface area contributed by atoms with E-state index >= 15 is 0 Å². The minimum Gasteiger partial charge on any atom is -0.394 e. The third-order valence-corrected chi connectivity index (χ3v) is 7.97. The van der Waals surface area contributed by atoms with E-state index in [2.05, 4.69) is 0 Å². The first-order valence-corrected chi connectivity index (χ1v) is 13.7. The van der Waals surface area contributed by atoms with Crippen LogP contribution in [0.4, 0.5) is 18.9 Å². The number of carbonyl (C=O) groups is 1. The summed E-state index contributed by atoms with van der Waals surface area (Å²) < 4.78 is 66.6. The zero-order valence-electron chi connectivity index (χ0n) is 21.9. The van der Waals surface area contributed by atoms with Gasteiger partial charge in [0.15, 0.2) is 0 Å². The summed E-state index contributed by atoms with van der Waals surface area (Å²) >= 11 is 0. The van der Waals surface area contributed by atoms with Gasteiger partial charge in [-0.05, 0) is 59.0 Å². The summed E-state index contributed by atoms with van der Waals surface area (Å²) in [5, 5.41) is 9.68. The van der Waals surface area contributed by atoms with Gasteiger partial charge in [0.2, 0.25) is 5.91 Å². The van der Waals surface area contributed by atoms with Crippen molar-refractivity contribution in [2.45, 2.75) is 37.4 Å². The fraction of sp³-hybridized carbons (Fsp3) is 0.276. The van der Waals surface area contributed by atoms with Crippen molar-refractivity contribution in [2.24, 2.45) is 0 Å². The Morgan fingerprint density at radius 1 is 0.974 bits per heavy atom. The lowest BCUT2D eigenvalue weighted by atomic mass is 10.0. The Balaban J connectivity index is 1.82. The molecule has 3 aromatic rings. The molecular weight excluding hydrogens is 529 g/mol. The Bertz CT molecular complexity index is 1400. The Hall–Kier alpha value is -3.63. The van der Waals surface area contributed by atoms with Crippen LogP contribution in [0, 0.1) is 0 Å². The van der Waals surface area contributed by atoms with E-state index in [1.807, 2.05) is 13.8 Å². The van der Waals surface area contributed by atoms with Gasteiger partial charge in [0.25, 0.3) is 10.0 Å². The van der Waals surface area contributed by atoms with Crippen LogP contribution in [0.2, 0.25) is 0 Å². The quantitative estimate of drug-likeness (QED) is 0.323. The van der Waals surface area contributed by atoms with Crippen LogP contribution in [-0.4, -0.2) is 44.5 Å². The van der Waals surface area contributed by atoms with Gasteiger partial charge in [-0.3, -0.25) is 9.10 Å². The van der Waals surface area contributed by atoms with E-state index in [0.29, 0.717) is 16.8 Å². The molecule has 1 N–H and O–H groups in total. The molecule has 6 nitrogen and oxygen atoms in total. The molecule has 39 heavy (non-hydrogen) atoms. The van der Waals surface area contributed by atoms with E-state index in [4.69, 9.17) is 0 Å². The van der Waals surface area contributed by atoms with E-state index in [1.165, 1.54) is 36.2 Å². The molecule has 0 fully saturated rings. The van der Waals surface area contributed by atoms with Crippen LogP contribution in [0.25, 0.3) is 6.08 Å². The molecule has 0 unspecified atom stereocenters. The number of alkyl halides is 3. The van der Waals surface area contributed by atoms with Crippen LogP contribution in [0.1, 0.15) is 42.0 Å². The fourth-order valence-electron chi connectivity index (χ4n) is 3.91. The number of nitrogens with zero attached hydrogens (tertiary/aromatic N) is 2. The molecule has 0 radical (unpaired) electrons. The van der Waals surface area contributed by atoms with Gasteiger partial charge in [-0.1, -0.05) is 56.3 Å². The number of amides is 1. The van der Waals surface area contributed by atoms with Gasteiger partial charge < -0.3 is 10.0 Å². The molecule has 0 saturated carbocycles. The summed E-state index contributed by atoms with van der Waals surface area (Å²) in [7, 11) is -2.49. The molecule has 0 spiro atoms. The summed E-state index contributed by atoms with van der Waals surface area (Å²) in [6.07, 6.45) is -1.79. The number of para-hydroxylation sites is 1. The summed E-state index contributed by atoms with van der Waals surface area (Å²) in [4.78, 5) is 14.2. The zero-order valence-corrected chi connectivity index (χ0v) is 22.7. The first kappa shape index (κ1) is 29.9. The first-order chi connectivity index (χ1) is 18.3. The number of likely N-dealkylation sites (N-methyl/N-ethyl adjacent to an activating group) is 1. The molecule has 0 heterocycles. The number of halogens is 3. The highest BCUT2D eigenvalue weighted by Gasteiger charge is 2.30. The first-order valence-electron chi connectivity index (χ1n) is 12.3. The topological polar surface area (TPSA) is 77.9 Å². The number of rotatable bonds is 10. The zero-order chi connectivity index (χ0) is 28.8. The highest BCUT2D eigenvalue weighted by atomic mass is 32.2. The van der Waals surface area contributed by atoms with Crippen LogP contribution >= 0.6 is 0 Å². The molecular formula is C29H31F3N2O4S. The van der Waals surface area contributed by atoms with Gasteiger partial charge in [-0.25, -0.2) is 8.42 Å². The van der Waals surface area contributed by atoms with Gasteiger partial charge in [0.05, 0.1) is 29.3 Å². The lowest BCUT2D eigenvalue weighted by molar-refractivity contribution is -0.137. The number of aliphatic hydroxyl groups excluding tert-OH is 1. The predicted octanol–water partition coefficient (Wildman–Crippen LogP) is 5.69. The molecule has 0 atom stereocenters. The van der Waals surface area contributed by atoms with E-state index in [0.717, 1.165) is 22.0 Å². The number of hydrogen-bond acceptors (Lipinski definition) is 4. The monoisotopic (exact) mass is 560 g/mol. The summed E-state index contributed by atoms with van der Waals surface area (Å²) in [6, 6.07) is 17.7. The predicted molar refractivity (Wildman–Crippen MR) is 146 cm³/mol. The van der Waals surface area contributed by atoms with Crippen molar-refractivity contribution in [1.29, 1.82) is 0 Å². The molecule has 3 rings (SSSR count). The second kappa shape index (κ2) is 12.5. The molecule has 0 aliphatic heterocycles. The van der Waals surface area contributed by atoms with Gasteiger partial charge in [-0.2, -0.15) is 13.2 Å². The Labute approximate surface area is 227 Å². The van der Waals surface area contributed by atoms with Crippen molar-refractivity contribution >= 4 is 27.7 Å². The second-order valence-corrected chi connectivity index (χ2v) is 11.2. The number of aliphatic hydroxyl groups is 1. The van der Waals surface area contributed by atoms with Crippen LogP contribution in [0.5, 0.6) is 0 Å². The lowest BCUT2D eigenvalue weighted by Crippen LogP contribution is -2.35. The van der Waals surface area contributed by atoms with Crippen molar-refractivity contribution in [3.05, 3.63) is 101 Å². The minimum absolute atomic E-state index is 0.0517. The number of anilines is 1. The summed E-state index contributed by atoms with van der Waals surface area (Å²) in [6.45, 7) is 3.47. The number of hydrogen-bond donors (Lipinski definition) is 1. The van der Waals surface area contributed by atoms with Crippen LogP contribution in [-0.2, 0) is 27.5 Å². The van der Waals surface area contributed by atoms with Crippen molar-refractivity contribution in [2.75, 3.05) is 24.5 Å². The largest absolute Gasteiger partial charge is 0.416 e. The normalized spacial score (nSPS) is 12.2. The van der Waals surface area contributed by atoms with E-state index < -0.39 is 34.3 Å². The second-order valence-electron chi connectivity index (χ2n) is 9.30. The van der Waals surface area contributed by atoms with E-state index in [1.54, 1.807) is 48.5 Å². The van der Waals surface area contributed by atoms with Crippen LogP contribution in [0.3, 0.4) is 0 Å². The number of benzene rings is 3. The van der Waals surface area contributed by atoms with Gasteiger partial charge in [0.1, 0.15) is 0 Å². The molecule has 0 aliphatic carbocycles. The maximum absolute atomic E-state index is 13.6. The van der Waals surface area contributed by atoms with Crippen molar-refractivity contribution in [1.82, 2.24) is 4.90 Å². The van der Waals surface area contributed by atoms with Crippen molar-refractivity contribution < 1.29 is 31.5 Å². The minimum atomic E-state index is -4.44. The maximum Gasteiger partial charge on any atom is 0.416 e. The van der Waals surface area contributed by atoms with Gasteiger partial charge in [0, 0.05) is 19.7 Å². The van der Waals surface area contributed by atoms with E-state index in [-0.39, 0.29) is 23.9 Å². The van der Waals surface area contributed by atoms with Gasteiger partial charge >= 0.3 is 6.18 Å². The van der Waals surface area contributed by atoms with Crippen LogP contribution in [0.15, 0.2) is 83.8 Å². The molecule has 3 aromatic carbocycles. The highest BCUT2D eigenvalue weighted by Crippen LogP contribution is 2.30. The number of sulfonamides is 1. The number of carbonyl (C=O) groups excluding carboxylic acids is 1. The molecule has 0 bridgehead atoms. The van der Waals surface area contributed by atoms with E-state index in [9.17, 15) is 31.5 Å². The summed E-state index contributed by atoms with van der Waals surface area (Å²) in [5.74, 6) is -0.192. The smallest absolute Gasteiger partial charge is 0.394 e. The Morgan fingerprint density at radius 2 is 1.59 bits per heavy atom. The molecule has 208 valence electrons. The van der Waals surface area contributed by atoms with Crippen molar-refractivity contribution in [3.63, 3.8) is 0 Å². The molecule has 10 heteroatoms. The third-order valence-electron chi connectivity index (χ3n) is 6.14. The highest BCUT2D eigenvalue weighted by molar-refractivity contribution is 7.92. The Kier molecular flexibility index (Phi) is 9.58. The maximum atomic E-state index is 13.6. The SMILES string of the molecule is CC(C)c1ccc(S(=O)(=O)N(CCO)c2ccccc2CN(C)C(=O)/C=C/c2ccc(C(F)(F)F)cc2)cc1. The lowest BCUT2D eigenvalue weighted by Gasteiger charge is -2.27. The molecule has 0 aromatic heterocycles. The van der Waals surface area contributed by atoms with Gasteiger partial charge in [-0.15, -0.1) is 0 Å². The molecule has 1 amide bonds. The Morgan fingerprint density at radius 3 is 2.15 bits per heavy atom. The standard InChI is InChI=1S/C29H31F3N2O4S/c1-21(2)23-11-15-26(16-12-23)39(37,38)34(18-19-35)27-7-5-4-6-24(27)20-33(3)28(36)17-10-22-8-13-25(14-9-22)29(30,31)32/h4-17,21,35H,18-20H2,1-3H3/b17-10+. The summed E-state index contributed by atoms with van der Waals surface area (Å²) in [5.41, 5.74) is 1.50. The van der Waals surface area contributed by atoms with Crippen molar-refractivity contribution in [3.8, 4) is 0 Å². The molecule has 0 aliphatic rings. The fourth-order valence-corrected chi connectivity index (χ4v) is 5.41. The third kappa shape index (κ3) is 7.48. The van der Waals surface area contributed by atoms with Crippen LogP contribution < -0.4 is 4.31 Å². The average Bonchev–Trinajstić information content (AvgIpc) is 2.90. The average molecular weight is 561 g/mol.